The number of rotatable bonds is 9. The smallest absolute Gasteiger partial charge is 0.305 e. The van der Waals surface area contributed by atoms with Crippen molar-refractivity contribution in [2.75, 3.05) is 33.0 Å². The van der Waals surface area contributed by atoms with Gasteiger partial charge in [0.2, 0.25) is 5.91 Å². The monoisotopic (exact) mass is 323 g/mol. The van der Waals surface area contributed by atoms with Crippen molar-refractivity contribution in [3.05, 3.63) is 30.3 Å². The van der Waals surface area contributed by atoms with Gasteiger partial charge < -0.3 is 24.6 Å². The van der Waals surface area contributed by atoms with E-state index in [2.05, 4.69) is 5.32 Å². The first-order valence-corrected chi connectivity index (χ1v) is 7.46. The zero-order valence-electron chi connectivity index (χ0n) is 12.8. The highest BCUT2D eigenvalue weighted by atomic mass is 16.5. The van der Waals surface area contributed by atoms with Gasteiger partial charge in [0.15, 0.2) is 0 Å². The summed E-state index contributed by atoms with van der Waals surface area (Å²) >= 11 is 0. The Morgan fingerprint density at radius 3 is 2.70 bits per heavy atom. The first-order valence-electron chi connectivity index (χ1n) is 7.46. The van der Waals surface area contributed by atoms with Gasteiger partial charge in [0.1, 0.15) is 19.0 Å². The van der Waals surface area contributed by atoms with Crippen molar-refractivity contribution in [2.45, 2.75) is 18.4 Å². The maximum atomic E-state index is 11.9. The van der Waals surface area contributed by atoms with E-state index in [4.69, 9.17) is 19.3 Å². The molecule has 1 atom stereocenters. The Morgan fingerprint density at radius 2 is 2.04 bits per heavy atom. The Balaban J connectivity index is 1.65. The molecule has 1 unspecified atom stereocenters. The van der Waals surface area contributed by atoms with Crippen molar-refractivity contribution in [2.24, 2.45) is 0 Å². The average molecular weight is 323 g/mol. The first kappa shape index (κ1) is 17.2. The Kier molecular flexibility index (Phi) is 6.37. The van der Waals surface area contributed by atoms with Crippen molar-refractivity contribution in [1.82, 2.24) is 5.32 Å². The van der Waals surface area contributed by atoms with E-state index >= 15 is 0 Å². The lowest BCUT2D eigenvalue weighted by Gasteiger charge is -2.26. The van der Waals surface area contributed by atoms with Crippen LogP contribution in [0.4, 0.5) is 0 Å². The topological polar surface area (TPSA) is 94.1 Å². The molecule has 126 valence electrons. The molecule has 0 saturated carbocycles. The van der Waals surface area contributed by atoms with E-state index in [0.29, 0.717) is 19.6 Å². The van der Waals surface area contributed by atoms with Crippen LogP contribution in [-0.4, -0.2) is 55.6 Å². The molecule has 7 nitrogen and oxygen atoms in total. The van der Waals surface area contributed by atoms with E-state index in [9.17, 15) is 9.59 Å². The fraction of sp³-hybridized carbons (Fsp3) is 0.500. The van der Waals surface area contributed by atoms with Gasteiger partial charge in [-0.05, 0) is 18.6 Å². The summed E-state index contributed by atoms with van der Waals surface area (Å²) in [7, 11) is 0. The van der Waals surface area contributed by atoms with Crippen LogP contribution in [-0.2, 0) is 19.1 Å². The van der Waals surface area contributed by atoms with E-state index in [-0.39, 0.29) is 32.1 Å². The predicted molar refractivity (Wildman–Crippen MR) is 81.3 cm³/mol. The molecule has 1 aliphatic rings. The van der Waals surface area contributed by atoms with Crippen molar-refractivity contribution < 1.29 is 28.9 Å². The number of ether oxygens (including phenoxy) is 3. The Morgan fingerprint density at radius 1 is 1.26 bits per heavy atom. The largest absolute Gasteiger partial charge is 0.491 e. The molecule has 2 rings (SSSR count). The van der Waals surface area contributed by atoms with Gasteiger partial charge in [-0.25, -0.2) is 0 Å². The molecule has 1 aromatic rings. The molecule has 0 radical (unpaired) electrons. The summed E-state index contributed by atoms with van der Waals surface area (Å²) in [6.45, 7) is 1.12. The summed E-state index contributed by atoms with van der Waals surface area (Å²) < 4.78 is 15.9. The number of nitrogens with one attached hydrogen (secondary N) is 1. The van der Waals surface area contributed by atoms with Gasteiger partial charge in [0.25, 0.3) is 0 Å². The van der Waals surface area contributed by atoms with Crippen LogP contribution < -0.4 is 10.1 Å². The van der Waals surface area contributed by atoms with Gasteiger partial charge in [-0.2, -0.15) is 0 Å². The molecule has 23 heavy (non-hydrogen) atoms. The molecule has 1 heterocycles. The lowest BCUT2D eigenvalue weighted by atomic mass is 9.94. The van der Waals surface area contributed by atoms with Gasteiger partial charge >= 0.3 is 5.97 Å². The summed E-state index contributed by atoms with van der Waals surface area (Å²) in [5.41, 5.74) is -0.827. The normalized spacial score (nSPS) is 20.2. The second-order valence-electron chi connectivity index (χ2n) is 5.42. The van der Waals surface area contributed by atoms with Crippen LogP contribution in [0, 0.1) is 0 Å². The number of hydrogen-bond donors (Lipinski definition) is 2. The molecule has 1 aliphatic heterocycles. The van der Waals surface area contributed by atoms with Crippen molar-refractivity contribution in [3.8, 4) is 5.75 Å². The highest BCUT2D eigenvalue weighted by Gasteiger charge is 2.38. The Hall–Kier alpha value is -2.12. The fourth-order valence-electron chi connectivity index (χ4n) is 2.41. The van der Waals surface area contributed by atoms with E-state index < -0.39 is 11.5 Å². The number of aliphatic carboxylic acids is 1. The highest BCUT2D eigenvalue weighted by molar-refractivity contribution is 5.79. The molecule has 2 N–H and O–H groups in total. The predicted octanol–water partition coefficient (Wildman–Crippen LogP) is 0.832. The highest BCUT2D eigenvalue weighted by Crippen LogP contribution is 2.22. The minimum atomic E-state index is -0.965. The molecule has 1 aromatic carbocycles. The molecule has 0 aliphatic carbocycles. The minimum absolute atomic E-state index is 0.139. The summed E-state index contributed by atoms with van der Waals surface area (Å²) in [5.74, 6) is -0.575. The number of benzene rings is 1. The maximum absolute atomic E-state index is 11.9. The molecule has 0 aromatic heterocycles. The molecule has 1 fully saturated rings. The van der Waals surface area contributed by atoms with Crippen LogP contribution in [0.5, 0.6) is 5.75 Å². The molecule has 0 bridgehead atoms. The molecule has 1 saturated heterocycles. The van der Waals surface area contributed by atoms with Crippen LogP contribution >= 0.6 is 0 Å². The quantitative estimate of drug-likeness (QED) is 0.654. The number of hydrogen-bond acceptors (Lipinski definition) is 5. The Bertz CT molecular complexity index is 513. The zero-order chi connectivity index (χ0) is 16.5. The van der Waals surface area contributed by atoms with Gasteiger partial charge in [-0.3, -0.25) is 9.59 Å². The van der Waals surface area contributed by atoms with Crippen molar-refractivity contribution in [3.63, 3.8) is 0 Å². The van der Waals surface area contributed by atoms with Crippen LogP contribution in [0.15, 0.2) is 30.3 Å². The summed E-state index contributed by atoms with van der Waals surface area (Å²) in [6.07, 6.45) is 0.331. The second kappa shape index (κ2) is 8.50. The lowest BCUT2D eigenvalue weighted by Crippen LogP contribution is -2.51. The first-order chi connectivity index (χ1) is 11.1. The van der Waals surface area contributed by atoms with Crippen molar-refractivity contribution in [1.29, 1.82) is 0 Å². The van der Waals surface area contributed by atoms with Crippen LogP contribution in [0.25, 0.3) is 0 Å². The maximum Gasteiger partial charge on any atom is 0.305 e. The standard InChI is InChI=1S/C16H21NO6/c18-14(17-16(10-15(19)20)6-7-22-12-16)11-21-8-9-23-13-4-2-1-3-5-13/h1-5H,6-12H2,(H,17,18)(H,19,20). The van der Waals surface area contributed by atoms with Gasteiger partial charge in [-0.1, -0.05) is 18.2 Å². The number of amides is 1. The second-order valence-corrected chi connectivity index (χ2v) is 5.42. The minimum Gasteiger partial charge on any atom is -0.491 e. The number of carbonyl (C=O) groups excluding carboxylic acids is 1. The molecular weight excluding hydrogens is 302 g/mol. The summed E-state index contributed by atoms with van der Waals surface area (Å²) in [5, 5.41) is 11.7. The third-order valence-corrected chi connectivity index (χ3v) is 3.47. The van der Waals surface area contributed by atoms with Gasteiger partial charge in [0.05, 0.1) is 25.2 Å². The number of para-hydroxylation sites is 1. The zero-order valence-corrected chi connectivity index (χ0v) is 12.8. The van der Waals surface area contributed by atoms with Gasteiger partial charge in [-0.15, -0.1) is 0 Å². The average Bonchev–Trinajstić information content (AvgIpc) is 2.95. The fourth-order valence-corrected chi connectivity index (χ4v) is 2.41. The molecule has 0 spiro atoms. The molecule has 1 amide bonds. The molecule has 7 heteroatoms. The third kappa shape index (κ3) is 5.88. The number of carbonyl (C=O) groups is 2. The Labute approximate surface area is 134 Å². The number of carboxylic acid groups (broad SMARTS) is 1. The van der Waals surface area contributed by atoms with Crippen LogP contribution in [0.3, 0.4) is 0 Å². The lowest BCUT2D eigenvalue weighted by molar-refractivity contribution is -0.139. The third-order valence-electron chi connectivity index (χ3n) is 3.47. The summed E-state index contributed by atoms with van der Waals surface area (Å²) in [4.78, 5) is 22.8. The van der Waals surface area contributed by atoms with E-state index in [1.54, 1.807) is 0 Å². The summed E-state index contributed by atoms with van der Waals surface area (Å²) in [6, 6.07) is 9.31. The van der Waals surface area contributed by atoms with E-state index in [0.717, 1.165) is 5.75 Å². The van der Waals surface area contributed by atoms with E-state index in [1.165, 1.54) is 0 Å². The number of carboxylic acids is 1. The van der Waals surface area contributed by atoms with E-state index in [1.807, 2.05) is 30.3 Å². The SMILES string of the molecule is O=C(O)CC1(NC(=O)COCCOc2ccccc2)CCOC1. The van der Waals surface area contributed by atoms with Crippen molar-refractivity contribution >= 4 is 11.9 Å². The van der Waals surface area contributed by atoms with Crippen LogP contribution in [0.1, 0.15) is 12.8 Å². The van der Waals surface area contributed by atoms with Gasteiger partial charge in [0, 0.05) is 6.61 Å². The molecular formula is C16H21NO6. The van der Waals surface area contributed by atoms with Crippen LogP contribution in [0.2, 0.25) is 0 Å².